The monoisotopic (exact) mass is 370 g/mol. The number of nitrogens with zero attached hydrogens (tertiary/aromatic N) is 1. The maximum Gasteiger partial charge on any atom is 0.272 e. The third-order valence-electron chi connectivity index (χ3n) is 4.20. The van der Waals surface area contributed by atoms with E-state index in [0.29, 0.717) is 17.9 Å². The van der Waals surface area contributed by atoms with Crippen molar-refractivity contribution in [3.8, 4) is 0 Å². The van der Waals surface area contributed by atoms with E-state index >= 15 is 0 Å². The van der Waals surface area contributed by atoms with Gasteiger partial charge in [0.05, 0.1) is 19.8 Å². The SMILES string of the molecule is COC1=C(C(=O)N[C@H](CO)Cc2ccccc2)N(C)Sc2ccccc21. The minimum atomic E-state index is -0.369. The summed E-state index contributed by atoms with van der Waals surface area (Å²) < 4.78 is 7.36. The predicted octanol–water partition coefficient (Wildman–Crippen LogP) is 2.67. The van der Waals surface area contributed by atoms with Crippen LogP contribution in [0.2, 0.25) is 0 Å². The van der Waals surface area contributed by atoms with Gasteiger partial charge in [-0.15, -0.1) is 0 Å². The summed E-state index contributed by atoms with van der Waals surface area (Å²) in [5, 5.41) is 12.6. The smallest absolute Gasteiger partial charge is 0.272 e. The van der Waals surface area contributed by atoms with E-state index in [0.717, 1.165) is 16.0 Å². The van der Waals surface area contributed by atoms with Crippen molar-refractivity contribution in [3.05, 3.63) is 71.4 Å². The summed E-state index contributed by atoms with van der Waals surface area (Å²) in [6.45, 7) is -0.135. The number of aliphatic hydroxyl groups excluding tert-OH is 1. The van der Waals surface area contributed by atoms with Crippen LogP contribution in [0.15, 0.2) is 65.2 Å². The first-order chi connectivity index (χ1) is 12.6. The minimum Gasteiger partial charge on any atom is -0.494 e. The summed E-state index contributed by atoms with van der Waals surface area (Å²) >= 11 is 1.48. The number of fused-ring (bicyclic) bond motifs is 1. The highest BCUT2D eigenvalue weighted by molar-refractivity contribution is 7.97. The summed E-state index contributed by atoms with van der Waals surface area (Å²) in [4.78, 5) is 14.0. The molecule has 1 aliphatic rings. The van der Waals surface area contributed by atoms with Gasteiger partial charge in [0.1, 0.15) is 0 Å². The first-order valence-corrected chi connectivity index (χ1v) is 9.16. The van der Waals surface area contributed by atoms with E-state index in [4.69, 9.17) is 4.74 Å². The molecule has 26 heavy (non-hydrogen) atoms. The largest absolute Gasteiger partial charge is 0.494 e. The Hall–Kier alpha value is -2.44. The van der Waals surface area contributed by atoms with E-state index in [9.17, 15) is 9.90 Å². The molecular formula is C20H22N2O3S. The quantitative estimate of drug-likeness (QED) is 0.766. The Bertz CT molecular complexity index is 808. The molecule has 3 rings (SSSR count). The van der Waals surface area contributed by atoms with Gasteiger partial charge < -0.3 is 19.5 Å². The number of amides is 1. The molecule has 1 amide bonds. The minimum absolute atomic E-state index is 0.135. The molecular weight excluding hydrogens is 348 g/mol. The number of ether oxygens (including phenoxy) is 1. The van der Waals surface area contributed by atoms with Gasteiger partial charge in [0.15, 0.2) is 11.5 Å². The van der Waals surface area contributed by atoms with Crippen molar-refractivity contribution in [1.82, 2.24) is 9.62 Å². The van der Waals surface area contributed by atoms with Gasteiger partial charge in [-0.25, -0.2) is 0 Å². The Kier molecular flexibility index (Phi) is 5.85. The third kappa shape index (κ3) is 3.86. The molecule has 1 aliphatic heterocycles. The number of carbonyl (C=O) groups is 1. The van der Waals surface area contributed by atoms with Crippen LogP contribution in [0, 0.1) is 0 Å². The fraction of sp³-hybridized carbons (Fsp3) is 0.250. The highest BCUT2D eigenvalue weighted by atomic mass is 32.2. The maximum absolute atomic E-state index is 12.9. The summed E-state index contributed by atoms with van der Waals surface area (Å²) in [7, 11) is 3.40. The molecule has 2 N–H and O–H groups in total. The second-order valence-electron chi connectivity index (χ2n) is 6.01. The maximum atomic E-state index is 12.9. The van der Waals surface area contributed by atoms with Gasteiger partial charge >= 0.3 is 0 Å². The van der Waals surface area contributed by atoms with Crippen molar-refractivity contribution in [1.29, 1.82) is 0 Å². The molecule has 136 valence electrons. The number of likely N-dealkylation sites (N-methyl/N-ethyl adjacent to an activating group) is 1. The van der Waals surface area contributed by atoms with Crippen LogP contribution in [0.4, 0.5) is 0 Å². The number of hydrogen-bond acceptors (Lipinski definition) is 5. The Balaban J connectivity index is 1.84. The van der Waals surface area contributed by atoms with Crippen molar-refractivity contribution >= 4 is 23.6 Å². The van der Waals surface area contributed by atoms with Crippen LogP contribution in [0.3, 0.4) is 0 Å². The van der Waals surface area contributed by atoms with Crippen LogP contribution in [-0.4, -0.2) is 42.1 Å². The molecule has 1 atom stereocenters. The van der Waals surface area contributed by atoms with E-state index in [1.165, 1.54) is 11.9 Å². The zero-order valence-corrected chi connectivity index (χ0v) is 15.6. The predicted molar refractivity (Wildman–Crippen MR) is 103 cm³/mol. The molecule has 0 fully saturated rings. The summed E-state index contributed by atoms with van der Waals surface area (Å²) in [6.07, 6.45) is 0.562. The van der Waals surface area contributed by atoms with E-state index in [1.807, 2.05) is 61.6 Å². The zero-order chi connectivity index (χ0) is 18.5. The van der Waals surface area contributed by atoms with Gasteiger partial charge in [-0.1, -0.05) is 42.5 Å². The topological polar surface area (TPSA) is 61.8 Å². The second-order valence-corrected chi connectivity index (χ2v) is 7.18. The molecule has 0 saturated carbocycles. The molecule has 6 heteroatoms. The molecule has 2 aromatic rings. The second kappa shape index (κ2) is 8.29. The standard InChI is InChI=1S/C20H22N2O3S/c1-22-18(19(25-2)16-10-6-7-11-17(16)26-22)20(24)21-15(13-23)12-14-8-4-3-5-9-14/h3-11,15,23H,12-13H2,1-2H3,(H,21,24)/t15-/m0/s1. The fourth-order valence-corrected chi connectivity index (χ4v) is 3.91. The van der Waals surface area contributed by atoms with E-state index in [-0.39, 0.29) is 18.6 Å². The molecule has 0 saturated heterocycles. The first-order valence-electron chi connectivity index (χ1n) is 8.39. The number of hydrogen-bond donors (Lipinski definition) is 2. The summed E-state index contributed by atoms with van der Waals surface area (Å²) in [5.74, 6) is 0.275. The van der Waals surface area contributed by atoms with Gasteiger partial charge in [-0.05, 0) is 36.1 Å². The number of aliphatic hydroxyl groups is 1. The fourth-order valence-electron chi connectivity index (χ4n) is 2.96. The van der Waals surface area contributed by atoms with Gasteiger partial charge in [0.25, 0.3) is 5.91 Å². The number of nitrogens with one attached hydrogen (secondary N) is 1. The Morgan fingerprint density at radius 3 is 2.58 bits per heavy atom. The molecule has 0 spiro atoms. The van der Waals surface area contributed by atoms with Crippen LogP contribution in [0.1, 0.15) is 11.1 Å². The average Bonchev–Trinajstić information content (AvgIpc) is 2.66. The van der Waals surface area contributed by atoms with Gasteiger partial charge in [0, 0.05) is 17.5 Å². The van der Waals surface area contributed by atoms with Gasteiger partial charge in [-0.3, -0.25) is 4.79 Å². The van der Waals surface area contributed by atoms with E-state index in [1.54, 1.807) is 11.4 Å². The number of rotatable bonds is 6. The van der Waals surface area contributed by atoms with Crippen molar-refractivity contribution in [2.75, 3.05) is 20.8 Å². The molecule has 0 aliphatic carbocycles. The van der Waals surface area contributed by atoms with Crippen molar-refractivity contribution in [2.45, 2.75) is 17.4 Å². The van der Waals surface area contributed by atoms with Crippen LogP contribution in [0.25, 0.3) is 5.76 Å². The number of methoxy groups -OCH3 is 1. The van der Waals surface area contributed by atoms with Gasteiger partial charge in [0.2, 0.25) is 0 Å². The highest BCUT2D eigenvalue weighted by Crippen LogP contribution is 2.39. The summed E-state index contributed by atoms with van der Waals surface area (Å²) in [6, 6.07) is 17.2. The number of benzene rings is 2. The molecule has 0 radical (unpaired) electrons. The Morgan fingerprint density at radius 2 is 1.88 bits per heavy atom. The van der Waals surface area contributed by atoms with Crippen LogP contribution in [-0.2, 0) is 16.0 Å². The normalized spacial score (nSPS) is 14.7. The van der Waals surface area contributed by atoms with Crippen molar-refractivity contribution < 1.29 is 14.6 Å². The van der Waals surface area contributed by atoms with Crippen LogP contribution in [0.5, 0.6) is 0 Å². The molecule has 1 heterocycles. The van der Waals surface area contributed by atoms with E-state index in [2.05, 4.69) is 5.32 Å². The van der Waals surface area contributed by atoms with Crippen molar-refractivity contribution in [3.63, 3.8) is 0 Å². The Labute approximate surface area is 157 Å². The van der Waals surface area contributed by atoms with Crippen LogP contribution < -0.4 is 5.32 Å². The summed E-state index contributed by atoms with van der Waals surface area (Å²) in [5.41, 5.74) is 2.40. The van der Waals surface area contributed by atoms with Crippen molar-refractivity contribution in [2.24, 2.45) is 0 Å². The van der Waals surface area contributed by atoms with Crippen LogP contribution >= 0.6 is 11.9 Å². The average molecular weight is 370 g/mol. The molecule has 0 unspecified atom stereocenters. The third-order valence-corrected chi connectivity index (χ3v) is 5.21. The van der Waals surface area contributed by atoms with Gasteiger partial charge in [-0.2, -0.15) is 0 Å². The first kappa shape index (κ1) is 18.4. The molecule has 2 aromatic carbocycles. The zero-order valence-electron chi connectivity index (χ0n) is 14.8. The lowest BCUT2D eigenvalue weighted by Gasteiger charge is -2.30. The lowest BCUT2D eigenvalue weighted by atomic mass is 10.1. The molecule has 5 nitrogen and oxygen atoms in total. The number of carbonyl (C=O) groups excluding carboxylic acids is 1. The molecule has 0 aromatic heterocycles. The molecule has 0 bridgehead atoms. The highest BCUT2D eigenvalue weighted by Gasteiger charge is 2.30. The lowest BCUT2D eigenvalue weighted by Crippen LogP contribution is -2.42. The lowest BCUT2D eigenvalue weighted by molar-refractivity contribution is -0.119. The Morgan fingerprint density at radius 1 is 1.19 bits per heavy atom. The van der Waals surface area contributed by atoms with E-state index < -0.39 is 0 Å².